The van der Waals surface area contributed by atoms with E-state index in [0.29, 0.717) is 30.2 Å². The lowest BCUT2D eigenvalue weighted by atomic mass is 10.1. The number of carbonyl (C=O) groups excluding carboxylic acids is 1. The zero-order chi connectivity index (χ0) is 16.1. The summed E-state index contributed by atoms with van der Waals surface area (Å²) in [5.41, 5.74) is 3.81. The van der Waals surface area contributed by atoms with Crippen LogP contribution in [-0.4, -0.2) is 17.6 Å². The lowest BCUT2D eigenvalue weighted by Crippen LogP contribution is -2.13. The van der Waals surface area contributed by atoms with Gasteiger partial charge < -0.3 is 9.47 Å². The SMILES string of the molecule is CCOC(=O)c1c(C)nc(C)c(C)c1OCc1ccccc1. The molecule has 0 bridgehead atoms. The molecule has 0 radical (unpaired) electrons. The number of carbonyl (C=O) groups is 1. The molecular formula is C18H21NO3. The highest BCUT2D eigenvalue weighted by atomic mass is 16.5. The quantitative estimate of drug-likeness (QED) is 0.789. The summed E-state index contributed by atoms with van der Waals surface area (Å²) < 4.78 is 11.1. The first kappa shape index (κ1) is 16.0. The van der Waals surface area contributed by atoms with Crippen molar-refractivity contribution in [3.05, 3.63) is 58.4 Å². The predicted molar refractivity (Wildman–Crippen MR) is 85.2 cm³/mol. The van der Waals surface area contributed by atoms with Crippen LogP contribution < -0.4 is 4.74 Å². The minimum Gasteiger partial charge on any atom is -0.488 e. The Morgan fingerprint density at radius 2 is 1.77 bits per heavy atom. The van der Waals surface area contributed by atoms with Gasteiger partial charge in [0.1, 0.15) is 17.9 Å². The van der Waals surface area contributed by atoms with Gasteiger partial charge in [0.05, 0.1) is 12.3 Å². The van der Waals surface area contributed by atoms with Gasteiger partial charge in [0, 0.05) is 11.3 Å². The first-order valence-electron chi connectivity index (χ1n) is 7.36. The van der Waals surface area contributed by atoms with E-state index in [1.807, 2.05) is 44.2 Å². The van der Waals surface area contributed by atoms with Gasteiger partial charge in [0.25, 0.3) is 0 Å². The van der Waals surface area contributed by atoms with E-state index in [9.17, 15) is 4.79 Å². The molecule has 0 aliphatic heterocycles. The summed E-state index contributed by atoms with van der Waals surface area (Å²) in [5.74, 6) is 0.172. The second-order valence-corrected chi connectivity index (χ2v) is 5.11. The van der Waals surface area contributed by atoms with Crippen LogP contribution in [0.5, 0.6) is 5.75 Å². The summed E-state index contributed by atoms with van der Waals surface area (Å²) >= 11 is 0. The summed E-state index contributed by atoms with van der Waals surface area (Å²) in [6.07, 6.45) is 0. The Morgan fingerprint density at radius 1 is 1.09 bits per heavy atom. The van der Waals surface area contributed by atoms with E-state index in [4.69, 9.17) is 9.47 Å². The van der Waals surface area contributed by atoms with Crippen molar-refractivity contribution in [2.24, 2.45) is 0 Å². The van der Waals surface area contributed by atoms with E-state index in [1.54, 1.807) is 13.8 Å². The number of esters is 1. The van der Waals surface area contributed by atoms with E-state index < -0.39 is 5.97 Å². The maximum Gasteiger partial charge on any atom is 0.343 e. The molecule has 0 fully saturated rings. The number of aromatic nitrogens is 1. The molecule has 2 aromatic rings. The van der Waals surface area contributed by atoms with Crippen LogP contribution in [0.4, 0.5) is 0 Å². The van der Waals surface area contributed by atoms with Crippen molar-refractivity contribution in [3.63, 3.8) is 0 Å². The molecule has 0 aliphatic rings. The van der Waals surface area contributed by atoms with Crippen molar-refractivity contribution < 1.29 is 14.3 Å². The second-order valence-electron chi connectivity index (χ2n) is 5.11. The summed E-state index contributed by atoms with van der Waals surface area (Å²) in [7, 11) is 0. The van der Waals surface area contributed by atoms with E-state index in [-0.39, 0.29) is 0 Å². The van der Waals surface area contributed by atoms with Crippen LogP contribution in [0.1, 0.15) is 39.8 Å². The Labute approximate surface area is 131 Å². The number of hydrogen-bond donors (Lipinski definition) is 0. The molecule has 0 atom stereocenters. The molecule has 22 heavy (non-hydrogen) atoms. The third kappa shape index (κ3) is 3.45. The van der Waals surface area contributed by atoms with Crippen LogP contribution >= 0.6 is 0 Å². The van der Waals surface area contributed by atoms with Crippen molar-refractivity contribution in [3.8, 4) is 5.75 Å². The fourth-order valence-electron chi connectivity index (χ4n) is 2.26. The van der Waals surface area contributed by atoms with Gasteiger partial charge in [-0.3, -0.25) is 4.98 Å². The molecule has 1 aromatic heterocycles. The standard InChI is InChI=1S/C18H21NO3/c1-5-21-18(20)16-14(4)19-13(3)12(2)17(16)22-11-15-9-7-6-8-10-15/h6-10H,5,11H2,1-4H3. The Balaban J connectivity index is 2.37. The Kier molecular flexibility index (Phi) is 5.15. The topological polar surface area (TPSA) is 48.4 Å². The average molecular weight is 299 g/mol. The molecule has 4 nitrogen and oxygen atoms in total. The smallest absolute Gasteiger partial charge is 0.343 e. The van der Waals surface area contributed by atoms with Gasteiger partial charge in [-0.25, -0.2) is 4.79 Å². The van der Waals surface area contributed by atoms with E-state index in [1.165, 1.54) is 0 Å². The zero-order valence-corrected chi connectivity index (χ0v) is 13.5. The minimum atomic E-state index is -0.390. The van der Waals surface area contributed by atoms with Crippen molar-refractivity contribution in [2.75, 3.05) is 6.61 Å². The molecule has 0 amide bonds. The number of nitrogens with zero attached hydrogens (tertiary/aromatic N) is 1. The van der Waals surface area contributed by atoms with E-state index in [2.05, 4.69) is 4.98 Å². The Hall–Kier alpha value is -2.36. The first-order valence-corrected chi connectivity index (χ1v) is 7.36. The van der Waals surface area contributed by atoms with Gasteiger partial charge in [-0.2, -0.15) is 0 Å². The van der Waals surface area contributed by atoms with Crippen LogP contribution in [0.15, 0.2) is 30.3 Å². The van der Waals surface area contributed by atoms with Gasteiger partial charge in [-0.1, -0.05) is 30.3 Å². The number of aryl methyl sites for hydroxylation is 2. The van der Waals surface area contributed by atoms with Crippen LogP contribution in [0.3, 0.4) is 0 Å². The maximum atomic E-state index is 12.2. The highest BCUT2D eigenvalue weighted by Crippen LogP contribution is 2.29. The largest absolute Gasteiger partial charge is 0.488 e. The molecule has 1 heterocycles. The normalized spacial score (nSPS) is 10.4. The third-order valence-corrected chi connectivity index (χ3v) is 3.51. The van der Waals surface area contributed by atoms with Gasteiger partial charge in [0.2, 0.25) is 0 Å². The lowest BCUT2D eigenvalue weighted by molar-refractivity contribution is 0.0519. The molecule has 1 aromatic carbocycles. The Bertz CT molecular complexity index is 666. The number of hydrogen-bond acceptors (Lipinski definition) is 4. The summed E-state index contributed by atoms with van der Waals surface area (Å²) in [6, 6.07) is 9.85. The lowest BCUT2D eigenvalue weighted by Gasteiger charge is -2.16. The molecule has 0 N–H and O–H groups in total. The fourth-order valence-corrected chi connectivity index (χ4v) is 2.26. The van der Waals surface area contributed by atoms with Crippen molar-refractivity contribution >= 4 is 5.97 Å². The highest BCUT2D eigenvalue weighted by Gasteiger charge is 2.22. The molecule has 0 aliphatic carbocycles. The van der Waals surface area contributed by atoms with Crippen LogP contribution in [0.25, 0.3) is 0 Å². The average Bonchev–Trinajstić information content (AvgIpc) is 2.50. The Morgan fingerprint density at radius 3 is 2.41 bits per heavy atom. The number of pyridine rings is 1. The van der Waals surface area contributed by atoms with Crippen molar-refractivity contribution in [2.45, 2.75) is 34.3 Å². The summed E-state index contributed by atoms with van der Waals surface area (Å²) in [4.78, 5) is 16.6. The maximum absolute atomic E-state index is 12.2. The molecule has 0 saturated carbocycles. The predicted octanol–water partition coefficient (Wildman–Crippen LogP) is 3.76. The van der Waals surface area contributed by atoms with Crippen LogP contribution in [-0.2, 0) is 11.3 Å². The molecule has 116 valence electrons. The minimum absolute atomic E-state index is 0.323. The number of rotatable bonds is 5. The molecule has 0 saturated heterocycles. The second kappa shape index (κ2) is 7.07. The molecule has 2 rings (SSSR count). The molecule has 0 spiro atoms. The van der Waals surface area contributed by atoms with E-state index in [0.717, 1.165) is 16.8 Å². The van der Waals surface area contributed by atoms with Crippen LogP contribution in [0, 0.1) is 20.8 Å². The van der Waals surface area contributed by atoms with Crippen LogP contribution in [0.2, 0.25) is 0 Å². The van der Waals surface area contributed by atoms with E-state index >= 15 is 0 Å². The highest BCUT2D eigenvalue weighted by molar-refractivity contribution is 5.94. The molecule has 4 heteroatoms. The summed E-state index contributed by atoms with van der Waals surface area (Å²) in [5, 5.41) is 0. The fraction of sp³-hybridized carbons (Fsp3) is 0.333. The van der Waals surface area contributed by atoms with Gasteiger partial charge >= 0.3 is 5.97 Å². The summed E-state index contributed by atoms with van der Waals surface area (Å²) in [6.45, 7) is 8.12. The molecular weight excluding hydrogens is 278 g/mol. The van der Waals surface area contributed by atoms with Gasteiger partial charge in [-0.05, 0) is 33.3 Å². The third-order valence-electron chi connectivity index (χ3n) is 3.51. The zero-order valence-electron chi connectivity index (χ0n) is 13.5. The molecule has 0 unspecified atom stereocenters. The number of benzene rings is 1. The van der Waals surface area contributed by atoms with Gasteiger partial charge in [-0.15, -0.1) is 0 Å². The monoisotopic (exact) mass is 299 g/mol. The van der Waals surface area contributed by atoms with Crippen molar-refractivity contribution in [1.82, 2.24) is 4.98 Å². The first-order chi connectivity index (χ1) is 10.5. The number of ether oxygens (including phenoxy) is 2. The van der Waals surface area contributed by atoms with Crippen molar-refractivity contribution in [1.29, 1.82) is 0 Å². The van der Waals surface area contributed by atoms with Gasteiger partial charge in [0.15, 0.2) is 0 Å².